The molecule has 2 rings (SSSR count). The summed E-state index contributed by atoms with van der Waals surface area (Å²) in [5, 5.41) is 8.84. The molecule has 90 valence electrons. The van der Waals surface area contributed by atoms with E-state index in [1.807, 2.05) is 37.3 Å². The Balaban J connectivity index is 2.52. The van der Waals surface area contributed by atoms with Crippen molar-refractivity contribution >= 4 is 0 Å². The van der Waals surface area contributed by atoms with E-state index in [0.29, 0.717) is 11.1 Å². The molecule has 0 aromatic heterocycles. The minimum Gasteiger partial charge on any atom is -0.324 e. The Morgan fingerprint density at radius 2 is 1.94 bits per heavy atom. The first-order valence-electron chi connectivity index (χ1n) is 5.67. The highest BCUT2D eigenvalue weighted by Crippen LogP contribution is 2.24. The molecule has 0 aliphatic rings. The van der Waals surface area contributed by atoms with Crippen molar-refractivity contribution in [2.45, 2.75) is 13.0 Å². The molecule has 18 heavy (non-hydrogen) atoms. The first-order valence-corrected chi connectivity index (χ1v) is 5.67. The summed E-state index contributed by atoms with van der Waals surface area (Å²) in [7, 11) is 0. The van der Waals surface area contributed by atoms with Crippen LogP contribution in [0.1, 0.15) is 24.1 Å². The van der Waals surface area contributed by atoms with E-state index >= 15 is 0 Å². The van der Waals surface area contributed by atoms with Crippen molar-refractivity contribution in [3.63, 3.8) is 0 Å². The lowest BCUT2D eigenvalue weighted by molar-refractivity contribution is 0.628. The first kappa shape index (κ1) is 12.3. The molecule has 0 saturated heterocycles. The van der Waals surface area contributed by atoms with Gasteiger partial charge in [0.25, 0.3) is 0 Å². The van der Waals surface area contributed by atoms with Crippen LogP contribution in [0.4, 0.5) is 4.39 Å². The van der Waals surface area contributed by atoms with Crippen LogP contribution in [0, 0.1) is 17.1 Å². The standard InChI is InChI=1S/C15H13FN2/c1-10(18)12-3-2-4-13(7-12)14-5-11(9-17)6-15(16)8-14/h2-8,10H,18H2,1H3. The average Bonchev–Trinajstić information content (AvgIpc) is 2.38. The number of rotatable bonds is 2. The van der Waals surface area contributed by atoms with Gasteiger partial charge in [-0.25, -0.2) is 4.39 Å². The van der Waals surface area contributed by atoms with Gasteiger partial charge in [0.2, 0.25) is 0 Å². The van der Waals surface area contributed by atoms with Crippen LogP contribution in [0.25, 0.3) is 11.1 Å². The Bertz CT molecular complexity index is 612. The maximum atomic E-state index is 13.4. The Morgan fingerprint density at radius 1 is 1.17 bits per heavy atom. The van der Waals surface area contributed by atoms with Crippen LogP contribution in [0.5, 0.6) is 0 Å². The van der Waals surface area contributed by atoms with Gasteiger partial charge in [0, 0.05) is 6.04 Å². The predicted octanol–water partition coefficient (Wildman–Crippen LogP) is 3.38. The van der Waals surface area contributed by atoms with Crippen LogP contribution in [-0.4, -0.2) is 0 Å². The maximum Gasteiger partial charge on any atom is 0.125 e. The van der Waals surface area contributed by atoms with Crippen molar-refractivity contribution < 1.29 is 4.39 Å². The zero-order chi connectivity index (χ0) is 13.1. The molecule has 0 heterocycles. The highest BCUT2D eigenvalue weighted by Gasteiger charge is 2.05. The van der Waals surface area contributed by atoms with E-state index in [9.17, 15) is 4.39 Å². The molecule has 1 unspecified atom stereocenters. The third-order valence-electron chi connectivity index (χ3n) is 2.77. The molecule has 0 saturated carbocycles. The molecule has 0 aliphatic carbocycles. The summed E-state index contributed by atoms with van der Waals surface area (Å²) in [5.41, 5.74) is 8.67. The number of halogens is 1. The van der Waals surface area contributed by atoms with Crippen LogP contribution in [-0.2, 0) is 0 Å². The monoisotopic (exact) mass is 240 g/mol. The predicted molar refractivity (Wildman–Crippen MR) is 69.2 cm³/mol. The van der Waals surface area contributed by atoms with Gasteiger partial charge in [-0.15, -0.1) is 0 Å². The van der Waals surface area contributed by atoms with E-state index in [2.05, 4.69) is 0 Å². The molecule has 1 atom stereocenters. The number of nitriles is 1. The lowest BCUT2D eigenvalue weighted by Crippen LogP contribution is -2.04. The molecule has 0 spiro atoms. The second-order valence-electron chi connectivity index (χ2n) is 4.25. The van der Waals surface area contributed by atoms with Crippen molar-refractivity contribution in [1.29, 1.82) is 5.26 Å². The molecule has 0 fully saturated rings. The summed E-state index contributed by atoms with van der Waals surface area (Å²) in [4.78, 5) is 0. The third kappa shape index (κ3) is 2.55. The summed E-state index contributed by atoms with van der Waals surface area (Å²) in [5.74, 6) is -0.407. The van der Waals surface area contributed by atoms with Crippen LogP contribution in [0.3, 0.4) is 0 Å². The van der Waals surface area contributed by atoms with Gasteiger partial charge in [-0.3, -0.25) is 0 Å². The van der Waals surface area contributed by atoms with Crippen molar-refractivity contribution in [2.24, 2.45) is 5.73 Å². The number of hydrogen-bond acceptors (Lipinski definition) is 2. The summed E-state index contributed by atoms with van der Waals surface area (Å²) in [6, 6.07) is 13.8. The van der Waals surface area contributed by atoms with Crippen LogP contribution in [0.15, 0.2) is 42.5 Å². The molecular formula is C15H13FN2. The smallest absolute Gasteiger partial charge is 0.125 e. The van der Waals surface area contributed by atoms with E-state index < -0.39 is 5.82 Å². The topological polar surface area (TPSA) is 49.8 Å². The van der Waals surface area contributed by atoms with Gasteiger partial charge in [-0.1, -0.05) is 18.2 Å². The first-order chi connectivity index (χ1) is 8.60. The SMILES string of the molecule is CC(N)c1cccc(-c2cc(F)cc(C#N)c2)c1. The van der Waals surface area contributed by atoms with E-state index in [-0.39, 0.29) is 6.04 Å². The molecule has 0 aliphatic heterocycles. The van der Waals surface area contributed by atoms with Crippen LogP contribution < -0.4 is 5.73 Å². The molecule has 2 nitrogen and oxygen atoms in total. The summed E-state index contributed by atoms with van der Waals surface area (Å²) in [6.07, 6.45) is 0. The fraction of sp³-hybridized carbons (Fsp3) is 0.133. The van der Waals surface area contributed by atoms with Gasteiger partial charge in [0.15, 0.2) is 0 Å². The molecule has 0 radical (unpaired) electrons. The maximum absolute atomic E-state index is 13.4. The largest absolute Gasteiger partial charge is 0.324 e. The Morgan fingerprint density at radius 3 is 2.61 bits per heavy atom. The second-order valence-corrected chi connectivity index (χ2v) is 4.25. The minimum atomic E-state index is -0.407. The Labute approximate surface area is 105 Å². The molecule has 0 amide bonds. The molecule has 2 N–H and O–H groups in total. The van der Waals surface area contributed by atoms with Crippen LogP contribution >= 0.6 is 0 Å². The van der Waals surface area contributed by atoms with Crippen molar-refractivity contribution in [3.8, 4) is 17.2 Å². The second kappa shape index (κ2) is 4.99. The molecule has 2 aromatic rings. The van der Waals surface area contributed by atoms with E-state index in [4.69, 9.17) is 11.0 Å². The highest BCUT2D eigenvalue weighted by molar-refractivity contribution is 5.66. The average molecular weight is 240 g/mol. The number of benzene rings is 2. The van der Waals surface area contributed by atoms with E-state index in [1.54, 1.807) is 6.07 Å². The Hall–Kier alpha value is -2.18. The summed E-state index contributed by atoms with van der Waals surface area (Å²) < 4.78 is 13.4. The zero-order valence-corrected chi connectivity index (χ0v) is 10.0. The number of hydrogen-bond donors (Lipinski definition) is 1. The van der Waals surface area contributed by atoms with Gasteiger partial charge >= 0.3 is 0 Å². The third-order valence-corrected chi connectivity index (χ3v) is 2.77. The fourth-order valence-electron chi connectivity index (χ4n) is 1.82. The van der Waals surface area contributed by atoms with Gasteiger partial charge in [0.1, 0.15) is 5.82 Å². The van der Waals surface area contributed by atoms with Crippen molar-refractivity contribution in [1.82, 2.24) is 0 Å². The quantitative estimate of drug-likeness (QED) is 0.874. The minimum absolute atomic E-state index is 0.0750. The summed E-state index contributed by atoms with van der Waals surface area (Å²) >= 11 is 0. The zero-order valence-electron chi connectivity index (χ0n) is 10.0. The molecule has 2 aromatic carbocycles. The molecule has 3 heteroatoms. The summed E-state index contributed by atoms with van der Waals surface area (Å²) in [6.45, 7) is 1.89. The van der Waals surface area contributed by atoms with Crippen LogP contribution in [0.2, 0.25) is 0 Å². The normalized spacial score (nSPS) is 11.9. The molecular weight excluding hydrogens is 227 g/mol. The van der Waals surface area contributed by atoms with Gasteiger partial charge in [0.05, 0.1) is 11.6 Å². The lowest BCUT2D eigenvalue weighted by atomic mass is 9.99. The van der Waals surface area contributed by atoms with Gasteiger partial charge in [-0.2, -0.15) is 5.26 Å². The number of nitrogens with two attached hydrogens (primary N) is 1. The number of nitrogens with zero attached hydrogens (tertiary/aromatic N) is 1. The highest BCUT2D eigenvalue weighted by atomic mass is 19.1. The Kier molecular flexibility index (Phi) is 3.40. The van der Waals surface area contributed by atoms with E-state index in [0.717, 1.165) is 11.1 Å². The van der Waals surface area contributed by atoms with Gasteiger partial charge in [-0.05, 0) is 47.9 Å². The van der Waals surface area contributed by atoms with Crippen molar-refractivity contribution in [2.75, 3.05) is 0 Å². The fourth-order valence-corrected chi connectivity index (χ4v) is 1.82. The molecule has 0 bridgehead atoms. The van der Waals surface area contributed by atoms with Crippen molar-refractivity contribution in [3.05, 3.63) is 59.4 Å². The lowest BCUT2D eigenvalue weighted by Gasteiger charge is -2.08. The van der Waals surface area contributed by atoms with Gasteiger partial charge < -0.3 is 5.73 Å². The van der Waals surface area contributed by atoms with E-state index in [1.165, 1.54) is 12.1 Å².